The summed E-state index contributed by atoms with van der Waals surface area (Å²) in [5.74, 6) is 1.67. The van der Waals surface area contributed by atoms with Gasteiger partial charge < -0.3 is 14.8 Å². The third kappa shape index (κ3) is 3.91. The molecule has 1 aromatic carbocycles. The minimum Gasteiger partial charge on any atom is -0.493 e. The molecule has 0 spiro atoms. The van der Waals surface area contributed by atoms with Gasteiger partial charge in [-0.05, 0) is 25.8 Å². The van der Waals surface area contributed by atoms with E-state index in [1.807, 2.05) is 19.1 Å². The largest absolute Gasteiger partial charge is 0.493 e. The Balaban J connectivity index is 2.78. The van der Waals surface area contributed by atoms with Crippen molar-refractivity contribution in [3.8, 4) is 11.5 Å². The Morgan fingerprint density at radius 1 is 1.17 bits per heavy atom. The van der Waals surface area contributed by atoms with Crippen molar-refractivity contribution in [2.45, 2.75) is 46.2 Å². The van der Waals surface area contributed by atoms with Crippen LogP contribution in [0.15, 0.2) is 18.2 Å². The lowest BCUT2D eigenvalue weighted by Crippen LogP contribution is -2.27. The summed E-state index contributed by atoms with van der Waals surface area (Å²) in [4.78, 5) is 0. The van der Waals surface area contributed by atoms with Gasteiger partial charge in [0.2, 0.25) is 0 Å². The van der Waals surface area contributed by atoms with E-state index in [-0.39, 0.29) is 0 Å². The molecule has 0 amide bonds. The molecule has 0 unspecified atom stereocenters. The summed E-state index contributed by atoms with van der Waals surface area (Å²) in [5.41, 5.74) is 1.15. The van der Waals surface area contributed by atoms with Crippen molar-refractivity contribution in [3.05, 3.63) is 23.8 Å². The molecule has 3 heteroatoms. The van der Waals surface area contributed by atoms with Crippen LogP contribution in [0.2, 0.25) is 0 Å². The van der Waals surface area contributed by atoms with Gasteiger partial charge >= 0.3 is 0 Å². The Morgan fingerprint density at radius 2 is 1.89 bits per heavy atom. The van der Waals surface area contributed by atoms with E-state index >= 15 is 0 Å². The number of ether oxygens (including phenoxy) is 2. The zero-order valence-electron chi connectivity index (χ0n) is 12.0. The number of para-hydroxylation sites is 1. The first-order chi connectivity index (χ1) is 8.76. The van der Waals surface area contributed by atoms with Crippen molar-refractivity contribution >= 4 is 0 Å². The fourth-order valence-corrected chi connectivity index (χ4v) is 2.03. The van der Waals surface area contributed by atoms with Gasteiger partial charge in [-0.15, -0.1) is 0 Å². The van der Waals surface area contributed by atoms with Crippen molar-refractivity contribution < 1.29 is 9.47 Å². The Labute approximate surface area is 110 Å². The lowest BCUT2D eigenvalue weighted by molar-refractivity contribution is 0.308. The number of methoxy groups -OCH3 is 1. The first-order valence-corrected chi connectivity index (χ1v) is 6.78. The highest BCUT2D eigenvalue weighted by atomic mass is 16.5. The smallest absolute Gasteiger partial charge is 0.165 e. The van der Waals surface area contributed by atoms with Crippen LogP contribution in [0.4, 0.5) is 0 Å². The number of nitrogens with one attached hydrogen (secondary N) is 1. The van der Waals surface area contributed by atoms with Gasteiger partial charge in [-0.2, -0.15) is 0 Å². The zero-order valence-corrected chi connectivity index (χ0v) is 12.0. The minimum absolute atomic E-state index is 0.561. The molecule has 0 aliphatic carbocycles. The van der Waals surface area contributed by atoms with Crippen LogP contribution < -0.4 is 14.8 Å². The van der Waals surface area contributed by atoms with Crippen LogP contribution in [-0.4, -0.2) is 19.8 Å². The third-order valence-electron chi connectivity index (χ3n) is 3.13. The van der Waals surface area contributed by atoms with Crippen LogP contribution in [0.1, 0.15) is 39.2 Å². The lowest BCUT2D eigenvalue weighted by atomic mass is 10.1. The molecule has 0 radical (unpaired) electrons. The maximum absolute atomic E-state index is 5.58. The van der Waals surface area contributed by atoms with Crippen LogP contribution in [-0.2, 0) is 6.54 Å². The van der Waals surface area contributed by atoms with Crippen molar-refractivity contribution in [3.63, 3.8) is 0 Å². The van der Waals surface area contributed by atoms with Crippen LogP contribution in [0, 0.1) is 0 Å². The highest BCUT2D eigenvalue weighted by molar-refractivity contribution is 5.46. The normalized spacial score (nSPS) is 10.7. The van der Waals surface area contributed by atoms with Crippen molar-refractivity contribution in [2.24, 2.45) is 0 Å². The molecule has 3 nitrogen and oxygen atoms in total. The molecule has 0 saturated heterocycles. The predicted octanol–water partition coefficient (Wildman–Crippen LogP) is 3.37. The third-order valence-corrected chi connectivity index (χ3v) is 3.13. The summed E-state index contributed by atoms with van der Waals surface area (Å²) < 4.78 is 11.0. The maximum atomic E-state index is 5.58. The minimum atomic E-state index is 0.561. The van der Waals surface area contributed by atoms with E-state index in [0.717, 1.165) is 36.4 Å². The second-order valence-corrected chi connectivity index (χ2v) is 4.28. The topological polar surface area (TPSA) is 30.5 Å². The Bertz CT molecular complexity index is 348. The van der Waals surface area contributed by atoms with Crippen LogP contribution in [0.5, 0.6) is 11.5 Å². The maximum Gasteiger partial charge on any atom is 0.165 e. The molecular formula is C15H25NO2. The molecule has 0 bridgehead atoms. The Hall–Kier alpha value is -1.22. The Kier molecular flexibility index (Phi) is 6.58. The summed E-state index contributed by atoms with van der Waals surface area (Å²) >= 11 is 0. The molecule has 0 atom stereocenters. The fraction of sp³-hybridized carbons (Fsp3) is 0.600. The van der Waals surface area contributed by atoms with E-state index < -0.39 is 0 Å². The summed E-state index contributed by atoms with van der Waals surface area (Å²) in [6.07, 6.45) is 2.29. The van der Waals surface area contributed by atoms with E-state index in [9.17, 15) is 0 Å². The molecule has 0 aliphatic heterocycles. The molecule has 102 valence electrons. The molecule has 1 N–H and O–H groups in total. The van der Waals surface area contributed by atoms with Gasteiger partial charge in [-0.3, -0.25) is 0 Å². The molecule has 0 fully saturated rings. The quantitative estimate of drug-likeness (QED) is 0.768. The molecule has 1 rings (SSSR count). The van der Waals surface area contributed by atoms with Crippen molar-refractivity contribution in [1.82, 2.24) is 5.32 Å². The monoisotopic (exact) mass is 251 g/mol. The molecule has 0 saturated carbocycles. The second kappa shape index (κ2) is 7.98. The van der Waals surface area contributed by atoms with E-state index in [1.165, 1.54) is 0 Å². The van der Waals surface area contributed by atoms with Gasteiger partial charge in [-0.1, -0.05) is 26.0 Å². The zero-order chi connectivity index (χ0) is 13.4. The van der Waals surface area contributed by atoms with Crippen molar-refractivity contribution in [1.29, 1.82) is 0 Å². The predicted molar refractivity (Wildman–Crippen MR) is 75.4 cm³/mol. The van der Waals surface area contributed by atoms with Crippen LogP contribution in [0.25, 0.3) is 0 Å². The molecule has 0 heterocycles. The molecule has 18 heavy (non-hydrogen) atoms. The van der Waals surface area contributed by atoms with Crippen molar-refractivity contribution in [2.75, 3.05) is 13.7 Å². The summed E-state index contributed by atoms with van der Waals surface area (Å²) in [7, 11) is 1.69. The second-order valence-electron chi connectivity index (χ2n) is 4.28. The number of hydrogen-bond donors (Lipinski definition) is 1. The average molecular weight is 251 g/mol. The van der Waals surface area contributed by atoms with E-state index in [4.69, 9.17) is 9.47 Å². The van der Waals surface area contributed by atoms with Gasteiger partial charge in [0.15, 0.2) is 11.5 Å². The Morgan fingerprint density at radius 3 is 2.44 bits per heavy atom. The molecule has 0 aliphatic rings. The lowest BCUT2D eigenvalue weighted by Gasteiger charge is -2.17. The fourth-order valence-electron chi connectivity index (χ4n) is 2.03. The first kappa shape index (κ1) is 14.8. The molecular weight excluding hydrogens is 226 g/mol. The summed E-state index contributed by atoms with van der Waals surface area (Å²) in [6, 6.07) is 6.60. The molecule has 1 aromatic rings. The van der Waals surface area contributed by atoms with Crippen LogP contribution >= 0.6 is 0 Å². The van der Waals surface area contributed by atoms with E-state index in [0.29, 0.717) is 12.6 Å². The van der Waals surface area contributed by atoms with Gasteiger partial charge in [0.1, 0.15) is 0 Å². The average Bonchev–Trinajstić information content (AvgIpc) is 2.40. The van der Waals surface area contributed by atoms with Gasteiger partial charge in [0.05, 0.1) is 13.7 Å². The SMILES string of the molecule is CCOc1cccc(CNC(CC)CC)c1OC. The highest BCUT2D eigenvalue weighted by Gasteiger charge is 2.11. The van der Waals surface area contributed by atoms with E-state index in [1.54, 1.807) is 7.11 Å². The van der Waals surface area contributed by atoms with Gasteiger partial charge in [0, 0.05) is 18.2 Å². The van der Waals surface area contributed by atoms with E-state index in [2.05, 4.69) is 25.2 Å². The first-order valence-electron chi connectivity index (χ1n) is 6.78. The number of rotatable bonds is 8. The molecule has 0 aromatic heterocycles. The van der Waals surface area contributed by atoms with Gasteiger partial charge in [-0.25, -0.2) is 0 Å². The number of hydrogen-bond acceptors (Lipinski definition) is 3. The highest BCUT2D eigenvalue weighted by Crippen LogP contribution is 2.31. The van der Waals surface area contributed by atoms with Gasteiger partial charge in [0.25, 0.3) is 0 Å². The summed E-state index contributed by atoms with van der Waals surface area (Å²) in [6.45, 7) is 7.86. The standard InChI is InChI=1S/C15H25NO2/c1-5-13(6-2)16-11-12-9-8-10-14(18-7-3)15(12)17-4/h8-10,13,16H,5-7,11H2,1-4H3. The number of benzene rings is 1. The van der Waals surface area contributed by atoms with Crippen LogP contribution in [0.3, 0.4) is 0 Å². The summed E-state index contributed by atoms with van der Waals surface area (Å²) in [5, 5.41) is 3.54.